The van der Waals surface area contributed by atoms with Gasteiger partial charge in [-0.3, -0.25) is 4.99 Å². The largest absolute Gasteiger partial charge is 0.355 e. The van der Waals surface area contributed by atoms with Crippen molar-refractivity contribution < 1.29 is 16.8 Å². The third-order valence-electron chi connectivity index (χ3n) is 3.78. The average Bonchev–Trinajstić information content (AvgIpc) is 2.88. The molecule has 0 radical (unpaired) electrons. The summed E-state index contributed by atoms with van der Waals surface area (Å²) < 4.78 is 47.3. The van der Waals surface area contributed by atoms with Crippen molar-refractivity contribution in [3.05, 3.63) is 0 Å². The summed E-state index contributed by atoms with van der Waals surface area (Å²) in [5.41, 5.74) is 0. The Hall–Kier alpha value is -0.870. The third-order valence-corrected chi connectivity index (χ3v) is 6.09. The molecule has 136 valence electrons. The molecular weight excluding hydrogens is 340 g/mol. The second-order valence-electron chi connectivity index (χ2n) is 6.09. The van der Waals surface area contributed by atoms with Gasteiger partial charge < -0.3 is 10.6 Å². The van der Waals surface area contributed by atoms with Gasteiger partial charge in [0, 0.05) is 38.5 Å². The van der Waals surface area contributed by atoms with E-state index >= 15 is 0 Å². The van der Waals surface area contributed by atoms with E-state index in [0.29, 0.717) is 25.5 Å². The summed E-state index contributed by atoms with van der Waals surface area (Å²) in [5.74, 6) is 0.661. The minimum Gasteiger partial charge on any atom is -0.355 e. The SMILES string of the molecule is CN=C(NC[C@H]1CCCN1S(C)(=O)=O)NC(C)CCS(C)(=O)=O. The summed E-state index contributed by atoms with van der Waals surface area (Å²) in [6.07, 6.45) is 4.60. The van der Waals surface area contributed by atoms with E-state index in [9.17, 15) is 16.8 Å². The molecule has 2 N–H and O–H groups in total. The van der Waals surface area contributed by atoms with Crippen LogP contribution in [0.2, 0.25) is 0 Å². The van der Waals surface area contributed by atoms with Crippen molar-refractivity contribution in [2.75, 3.05) is 38.4 Å². The molecule has 1 unspecified atom stereocenters. The lowest BCUT2D eigenvalue weighted by molar-refractivity contribution is 0.387. The van der Waals surface area contributed by atoms with Gasteiger partial charge in [0.05, 0.1) is 12.0 Å². The molecule has 0 aromatic carbocycles. The minimum absolute atomic E-state index is 0.0505. The second kappa shape index (κ2) is 8.29. The van der Waals surface area contributed by atoms with Gasteiger partial charge in [-0.15, -0.1) is 0 Å². The Bertz CT molecular complexity index is 616. The van der Waals surface area contributed by atoms with Crippen LogP contribution >= 0.6 is 0 Å². The van der Waals surface area contributed by atoms with E-state index < -0.39 is 19.9 Å². The number of aliphatic imine (C=N–C) groups is 1. The monoisotopic (exact) mass is 368 g/mol. The normalized spacial score (nSPS) is 22.1. The summed E-state index contributed by atoms with van der Waals surface area (Å²) in [6.45, 7) is 2.92. The predicted molar refractivity (Wildman–Crippen MR) is 92.9 cm³/mol. The Morgan fingerprint density at radius 1 is 1.30 bits per heavy atom. The van der Waals surface area contributed by atoms with Crippen molar-refractivity contribution in [3.63, 3.8) is 0 Å². The molecule has 0 aromatic heterocycles. The highest BCUT2D eigenvalue weighted by molar-refractivity contribution is 7.90. The zero-order valence-electron chi connectivity index (χ0n) is 14.2. The molecule has 8 nitrogen and oxygen atoms in total. The molecule has 23 heavy (non-hydrogen) atoms. The first kappa shape index (κ1) is 20.2. The molecular formula is C13H28N4O4S2. The number of nitrogens with one attached hydrogen (secondary N) is 2. The lowest BCUT2D eigenvalue weighted by Crippen LogP contribution is -2.48. The number of sulfonamides is 1. The van der Waals surface area contributed by atoms with Gasteiger partial charge in [-0.1, -0.05) is 0 Å². The topological polar surface area (TPSA) is 108 Å². The van der Waals surface area contributed by atoms with Crippen LogP contribution in [0.15, 0.2) is 4.99 Å². The lowest BCUT2D eigenvalue weighted by Gasteiger charge is -2.24. The van der Waals surface area contributed by atoms with Crippen LogP contribution in [-0.4, -0.2) is 77.6 Å². The highest BCUT2D eigenvalue weighted by Gasteiger charge is 2.31. The molecule has 0 amide bonds. The maximum absolute atomic E-state index is 11.7. The molecule has 1 rings (SSSR count). The van der Waals surface area contributed by atoms with E-state index in [1.54, 1.807) is 7.05 Å². The molecule has 0 aromatic rings. The van der Waals surface area contributed by atoms with E-state index in [4.69, 9.17) is 0 Å². The summed E-state index contributed by atoms with van der Waals surface area (Å²) in [5, 5.41) is 6.25. The first-order valence-electron chi connectivity index (χ1n) is 7.64. The van der Waals surface area contributed by atoms with Gasteiger partial charge in [-0.25, -0.2) is 16.8 Å². The number of hydrogen-bond acceptors (Lipinski definition) is 5. The average molecular weight is 369 g/mol. The van der Waals surface area contributed by atoms with Crippen LogP contribution in [0, 0.1) is 0 Å². The quantitative estimate of drug-likeness (QED) is 0.459. The Kier molecular flexibility index (Phi) is 7.28. The molecule has 1 aliphatic rings. The molecule has 0 bridgehead atoms. The summed E-state index contributed by atoms with van der Waals surface area (Å²) in [7, 11) is -4.55. The summed E-state index contributed by atoms with van der Waals surface area (Å²) in [6, 6.07) is -0.125. The van der Waals surface area contributed by atoms with Crippen molar-refractivity contribution in [1.82, 2.24) is 14.9 Å². The zero-order valence-corrected chi connectivity index (χ0v) is 15.9. The van der Waals surface area contributed by atoms with Crippen LogP contribution in [0.25, 0.3) is 0 Å². The van der Waals surface area contributed by atoms with Gasteiger partial charge in [-0.2, -0.15) is 4.31 Å². The van der Waals surface area contributed by atoms with E-state index in [1.807, 2.05) is 6.92 Å². The summed E-state index contributed by atoms with van der Waals surface area (Å²) in [4.78, 5) is 4.10. The molecule has 0 spiro atoms. The molecule has 2 atom stereocenters. The maximum atomic E-state index is 11.7. The van der Waals surface area contributed by atoms with Gasteiger partial charge in [0.2, 0.25) is 10.0 Å². The van der Waals surface area contributed by atoms with Crippen LogP contribution in [0.4, 0.5) is 0 Å². The van der Waals surface area contributed by atoms with Crippen molar-refractivity contribution >= 4 is 25.8 Å². The number of hydrogen-bond donors (Lipinski definition) is 2. The predicted octanol–water partition coefficient (Wildman–Crippen LogP) is -0.601. The molecule has 1 fully saturated rings. The van der Waals surface area contributed by atoms with E-state index in [0.717, 1.165) is 12.8 Å². The van der Waals surface area contributed by atoms with E-state index in [2.05, 4.69) is 15.6 Å². The fourth-order valence-corrected chi connectivity index (χ4v) is 4.52. The van der Waals surface area contributed by atoms with Crippen molar-refractivity contribution in [3.8, 4) is 0 Å². The second-order valence-corrected chi connectivity index (χ2v) is 10.3. The van der Waals surface area contributed by atoms with Crippen LogP contribution in [-0.2, 0) is 19.9 Å². The summed E-state index contributed by atoms with van der Waals surface area (Å²) >= 11 is 0. The van der Waals surface area contributed by atoms with Gasteiger partial charge in [0.1, 0.15) is 9.84 Å². The van der Waals surface area contributed by atoms with Crippen LogP contribution < -0.4 is 10.6 Å². The number of nitrogens with zero attached hydrogens (tertiary/aromatic N) is 2. The Morgan fingerprint density at radius 3 is 2.48 bits per heavy atom. The fraction of sp³-hybridized carbons (Fsp3) is 0.923. The fourth-order valence-electron chi connectivity index (χ4n) is 2.56. The standard InChI is InChI=1S/C13H28N4O4S2/c1-11(7-9-22(3,18)19)16-13(14-2)15-10-12-6-5-8-17(12)23(4,20)21/h11-12H,5-10H2,1-4H3,(H2,14,15,16)/t11?,12-/m1/s1. The van der Waals surface area contributed by atoms with Crippen LogP contribution in [0.1, 0.15) is 26.2 Å². The van der Waals surface area contributed by atoms with E-state index in [1.165, 1.54) is 16.8 Å². The number of guanidine groups is 1. The highest BCUT2D eigenvalue weighted by atomic mass is 32.2. The zero-order chi connectivity index (χ0) is 17.7. The van der Waals surface area contributed by atoms with Gasteiger partial charge in [-0.05, 0) is 26.2 Å². The Morgan fingerprint density at radius 2 is 1.96 bits per heavy atom. The van der Waals surface area contributed by atoms with Gasteiger partial charge in [0.25, 0.3) is 0 Å². The van der Waals surface area contributed by atoms with Crippen molar-refractivity contribution in [2.45, 2.75) is 38.3 Å². The van der Waals surface area contributed by atoms with Crippen molar-refractivity contribution in [1.29, 1.82) is 0 Å². The first-order chi connectivity index (χ1) is 10.5. The first-order valence-corrected chi connectivity index (χ1v) is 11.6. The smallest absolute Gasteiger partial charge is 0.211 e. The van der Waals surface area contributed by atoms with Gasteiger partial charge in [0.15, 0.2) is 5.96 Å². The Labute approximate surface area is 139 Å². The van der Waals surface area contributed by atoms with E-state index in [-0.39, 0.29) is 17.8 Å². The van der Waals surface area contributed by atoms with Crippen molar-refractivity contribution in [2.24, 2.45) is 4.99 Å². The van der Waals surface area contributed by atoms with Crippen LogP contribution in [0.5, 0.6) is 0 Å². The maximum Gasteiger partial charge on any atom is 0.211 e. The lowest BCUT2D eigenvalue weighted by atomic mass is 10.2. The molecule has 0 aliphatic carbocycles. The molecule has 0 saturated carbocycles. The highest BCUT2D eigenvalue weighted by Crippen LogP contribution is 2.19. The third kappa shape index (κ3) is 7.49. The molecule has 1 heterocycles. The number of rotatable bonds is 7. The minimum atomic E-state index is -3.19. The van der Waals surface area contributed by atoms with Gasteiger partial charge >= 0.3 is 0 Å². The molecule has 1 aliphatic heterocycles. The number of sulfone groups is 1. The molecule has 10 heteroatoms. The molecule has 1 saturated heterocycles. The Balaban J connectivity index is 2.48. The van der Waals surface area contributed by atoms with Crippen LogP contribution in [0.3, 0.4) is 0 Å².